The number of aryl methyl sites for hydroxylation is 2. The predicted molar refractivity (Wildman–Crippen MR) is 97.5 cm³/mol. The molecule has 2 fully saturated rings. The topological polar surface area (TPSA) is 101 Å². The maximum atomic E-state index is 11.2. The van der Waals surface area contributed by atoms with Gasteiger partial charge in [0.05, 0.1) is 5.52 Å². The Labute approximate surface area is 147 Å². The third-order valence-corrected chi connectivity index (χ3v) is 6.28. The Balaban J connectivity index is 1.53. The largest absolute Gasteiger partial charge is 0.355 e. The summed E-state index contributed by atoms with van der Waals surface area (Å²) in [6.07, 6.45) is 4.31. The molecule has 1 atom stereocenters. The van der Waals surface area contributed by atoms with Gasteiger partial charge in [-0.05, 0) is 56.4 Å². The van der Waals surface area contributed by atoms with Crippen molar-refractivity contribution in [3.8, 4) is 0 Å². The van der Waals surface area contributed by atoms with Gasteiger partial charge in [0.1, 0.15) is 12.1 Å². The fourth-order valence-electron chi connectivity index (χ4n) is 4.29. The summed E-state index contributed by atoms with van der Waals surface area (Å²) in [4.78, 5) is 11.2. The second-order valence-electron chi connectivity index (χ2n) is 7.61. The summed E-state index contributed by atoms with van der Waals surface area (Å²) in [6.45, 7) is 5.99. The molecule has 1 saturated carbocycles. The Morgan fingerprint density at radius 1 is 1.24 bits per heavy atom. The normalized spacial score (nSPS) is 22.5. The molecule has 0 bridgehead atoms. The minimum atomic E-state index is -3.63. The zero-order valence-corrected chi connectivity index (χ0v) is 15.3. The van der Waals surface area contributed by atoms with Crippen molar-refractivity contribution < 1.29 is 8.42 Å². The zero-order valence-electron chi connectivity index (χ0n) is 14.5. The number of nitrogens with two attached hydrogens (primary N) is 1. The van der Waals surface area contributed by atoms with Crippen molar-refractivity contribution in [1.29, 1.82) is 0 Å². The van der Waals surface area contributed by atoms with Crippen LogP contribution in [0.25, 0.3) is 10.9 Å². The van der Waals surface area contributed by atoms with Crippen molar-refractivity contribution in [3.05, 3.63) is 29.6 Å². The smallest absolute Gasteiger partial charge is 0.274 e. The van der Waals surface area contributed by atoms with Crippen LogP contribution in [0.2, 0.25) is 0 Å². The highest BCUT2D eigenvalue weighted by Gasteiger charge is 2.49. The van der Waals surface area contributed by atoms with E-state index < -0.39 is 10.2 Å². The van der Waals surface area contributed by atoms with Gasteiger partial charge in [0.2, 0.25) is 0 Å². The average molecular weight is 361 g/mol. The minimum Gasteiger partial charge on any atom is -0.355 e. The van der Waals surface area contributed by atoms with Gasteiger partial charge in [-0.3, -0.25) is 0 Å². The first-order valence-electron chi connectivity index (χ1n) is 8.52. The second-order valence-corrected chi connectivity index (χ2v) is 8.94. The monoisotopic (exact) mass is 361 g/mol. The number of rotatable bonds is 3. The van der Waals surface area contributed by atoms with Crippen LogP contribution in [0.15, 0.2) is 18.5 Å². The van der Waals surface area contributed by atoms with Crippen LogP contribution in [0.5, 0.6) is 0 Å². The molecule has 1 aliphatic carbocycles. The number of hydrogen-bond donors (Lipinski definition) is 2. The number of fused-ring (bicyclic) bond motifs is 1. The molecule has 25 heavy (non-hydrogen) atoms. The summed E-state index contributed by atoms with van der Waals surface area (Å²) >= 11 is 0. The van der Waals surface area contributed by atoms with E-state index in [4.69, 9.17) is 5.14 Å². The maximum absolute atomic E-state index is 11.2. The van der Waals surface area contributed by atoms with E-state index in [0.717, 1.165) is 49.1 Å². The van der Waals surface area contributed by atoms with E-state index >= 15 is 0 Å². The van der Waals surface area contributed by atoms with Crippen molar-refractivity contribution in [1.82, 2.24) is 14.7 Å². The standard InChI is InChI=1S/C17H23N5O2S/c1-11-5-14-15(6-12(11)2)19-10-20-16(14)22-8-17(9-22)4-3-13(7-17)21-25(18,23)24/h5-6,10,13,21H,3-4,7-9H2,1-2H3,(H2,18,23,24). The fraction of sp³-hybridized carbons (Fsp3) is 0.529. The number of aromatic nitrogens is 2. The Morgan fingerprint density at radius 3 is 2.68 bits per heavy atom. The Bertz CT molecular complexity index is 937. The van der Waals surface area contributed by atoms with Crippen LogP contribution in [-0.2, 0) is 10.2 Å². The molecule has 1 aromatic heterocycles. The Morgan fingerprint density at radius 2 is 1.96 bits per heavy atom. The molecule has 1 aromatic carbocycles. The lowest BCUT2D eigenvalue weighted by Crippen LogP contribution is -2.56. The lowest BCUT2D eigenvalue weighted by molar-refractivity contribution is 0.217. The van der Waals surface area contributed by atoms with E-state index in [-0.39, 0.29) is 11.5 Å². The van der Waals surface area contributed by atoms with Gasteiger partial charge in [0.15, 0.2) is 0 Å². The van der Waals surface area contributed by atoms with Crippen LogP contribution in [-0.4, -0.2) is 37.5 Å². The van der Waals surface area contributed by atoms with Crippen LogP contribution >= 0.6 is 0 Å². The summed E-state index contributed by atoms with van der Waals surface area (Å²) in [7, 11) is -3.63. The van der Waals surface area contributed by atoms with E-state index in [0.29, 0.717) is 0 Å². The van der Waals surface area contributed by atoms with Crippen molar-refractivity contribution in [2.75, 3.05) is 18.0 Å². The molecule has 8 heteroatoms. The number of hydrogen-bond acceptors (Lipinski definition) is 5. The highest BCUT2D eigenvalue weighted by atomic mass is 32.2. The molecule has 1 saturated heterocycles. The number of nitrogens with one attached hydrogen (secondary N) is 1. The van der Waals surface area contributed by atoms with Crippen LogP contribution < -0.4 is 14.8 Å². The van der Waals surface area contributed by atoms with Crippen LogP contribution in [0.1, 0.15) is 30.4 Å². The summed E-state index contributed by atoms with van der Waals surface area (Å²) in [5.41, 5.74) is 3.59. The first kappa shape index (κ1) is 16.7. The third-order valence-electron chi connectivity index (χ3n) is 5.62. The Kier molecular flexibility index (Phi) is 3.75. The molecular formula is C17H23N5O2S. The lowest BCUT2D eigenvalue weighted by atomic mass is 9.78. The molecular weight excluding hydrogens is 338 g/mol. The molecule has 1 unspecified atom stereocenters. The van der Waals surface area contributed by atoms with Gasteiger partial charge >= 0.3 is 0 Å². The van der Waals surface area contributed by atoms with E-state index in [2.05, 4.69) is 45.6 Å². The van der Waals surface area contributed by atoms with E-state index in [9.17, 15) is 8.42 Å². The molecule has 2 heterocycles. The summed E-state index contributed by atoms with van der Waals surface area (Å²) < 4.78 is 25.0. The first-order chi connectivity index (χ1) is 11.7. The second kappa shape index (κ2) is 5.62. The molecule has 134 valence electrons. The molecule has 0 amide bonds. The molecule has 0 radical (unpaired) electrons. The van der Waals surface area contributed by atoms with Crippen molar-refractivity contribution in [2.45, 2.75) is 39.2 Å². The number of anilines is 1. The number of benzene rings is 1. The minimum absolute atomic E-state index is 0.0517. The van der Waals surface area contributed by atoms with Crippen molar-refractivity contribution >= 4 is 26.9 Å². The lowest BCUT2D eigenvalue weighted by Gasteiger charge is -2.49. The molecule has 2 aliphatic rings. The molecule has 1 aliphatic heterocycles. The Hall–Kier alpha value is -1.77. The van der Waals surface area contributed by atoms with Crippen LogP contribution in [0.4, 0.5) is 5.82 Å². The highest BCUT2D eigenvalue weighted by Crippen LogP contribution is 2.47. The van der Waals surface area contributed by atoms with E-state index in [1.54, 1.807) is 6.33 Å². The van der Waals surface area contributed by atoms with Gasteiger partial charge < -0.3 is 4.90 Å². The zero-order chi connectivity index (χ0) is 17.8. The first-order valence-corrected chi connectivity index (χ1v) is 10.1. The van der Waals surface area contributed by atoms with E-state index in [1.807, 2.05) is 0 Å². The molecule has 1 spiro atoms. The fourth-order valence-corrected chi connectivity index (χ4v) is 4.96. The van der Waals surface area contributed by atoms with Crippen LogP contribution in [0.3, 0.4) is 0 Å². The summed E-state index contributed by atoms with van der Waals surface area (Å²) in [5, 5.41) is 6.19. The SMILES string of the molecule is Cc1cc2ncnc(N3CC4(CCC(NS(N)(=O)=O)C4)C3)c2cc1C. The van der Waals surface area contributed by atoms with Gasteiger partial charge in [-0.25, -0.2) is 15.1 Å². The average Bonchev–Trinajstić information content (AvgIpc) is 2.88. The quantitative estimate of drug-likeness (QED) is 0.860. The van der Waals surface area contributed by atoms with Gasteiger partial charge in [0, 0.05) is 29.9 Å². The summed E-state index contributed by atoms with van der Waals surface area (Å²) in [5.74, 6) is 0.974. The van der Waals surface area contributed by atoms with Gasteiger partial charge in [-0.15, -0.1) is 0 Å². The third kappa shape index (κ3) is 3.09. The van der Waals surface area contributed by atoms with Crippen molar-refractivity contribution in [3.63, 3.8) is 0 Å². The van der Waals surface area contributed by atoms with Gasteiger partial charge in [-0.1, -0.05) is 0 Å². The molecule has 3 N–H and O–H groups in total. The van der Waals surface area contributed by atoms with Gasteiger partial charge in [0.25, 0.3) is 10.2 Å². The predicted octanol–water partition coefficient (Wildman–Crippen LogP) is 1.40. The van der Waals surface area contributed by atoms with E-state index in [1.165, 1.54) is 11.1 Å². The maximum Gasteiger partial charge on any atom is 0.274 e. The van der Waals surface area contributed by atoms with Crippen LogP contribution in [0, 0.1) is 19.3 Å². The molecule has 2 aromatic rings. The van der Waals surface area contributed by atoms with Crippen molar-refractivity contribution in [2.24, 2.45) is 10.6 Å². The molecule has 4 rings (SSSR count). The number of nitrogens with zero attached hydrogens (tertiary/aromatic N) is 3. The molecule has 7 nitrogen and oxygen atoms in total. The summed E-state index contributed by atoms with van der Waals surface area (Å²) in [6, 6.07) is 4.21. The highest BCUT2D eigenvalue weighted by molar-refractivity contribution is 7.87. The van der Waals surface area contributed by atoms with Gasteiger partial charge in [-0.2, -0.15) is 13.1 Å².